The maximum absolute atomic E-state index is 3.39. The minimum atomic E-state index is 0.910. The molecule has 0 spiro atoms. The third kappa shape index (κ3) is 3.58. The summed E-state index contributed by atoms with van der Waals surface area (Å²) in [5.74, 6) is 0. The second-order valence-corrected chi connectivity index (χ2v) is 5.09. The van der Waals surface area contributed by atoms with Crippen molar-refractivity contribution in [1.82, 2.24) is 4.90 Å². The minimum absolute atomic E-state index is 0.910. The van der Waals surface area contributed by atoms with Crippen molar-refractivity contribution in [3.05, 3.63) is 35.9 Å². The van der Waals surface area contributed by atoms with Crippen LogP contribution in [0.2, 0.25) is 0 Å². The largest absolute Gasteiger partial charge is 0.369 e. The van der Waals surface area contributed by atoms with Gasteiger partial charge in [0.1, 0.15) is 0 Å². The fraction of sp³-hybridized carbons (Fsp3) is 0.429. The van der Waals surface area contributed by atoms with Gasteiger partial charge >= 0.3 is 0 Å². The fourth-order valence-corrected chi connectivity index (χ4v) is 2.23. The van der Waals surface area contributed by atoms with E-state index < -0.39 is 0 Å². The van der Waals surface area contributed by atoms with Gasteiger partial charge < -0.3 is 9.80 Å². The van der Waals surface area contributed by atoms with Crippen LogP contribution in [-0.2, 0) is 0 Å². The van der Waals surface area contributed by atoms with Gasteiger partial charge in [0.05, 0.1) is 0 Å². The molecule has 1 fully saturated rings. The summed E-state index contributed by atoms with van der Waals surface area (Å²) in [6.07, 6.45) is 4.26. The van der Waals surface area contributed by atoms with Crippen LogP contribution < -0.4 is 4.90 Å². The zero-order valence-corrected chi connectivity index (χ0v) is 11.9. The lowest BCUT2D eigenvalue weighted by Crippen LogP contribution is -2.44. The minimum Gasteiger partial charge on any atom is -0.369 e. The number of likely N-dealkylation sites (N-methyl/N-ethyl adjacent to an activating group) is 1. The van der Waals surface area contributed by atoms with Gasteiger partial charge in [-0.05, 0) is 24.7 Å². The molecule has 0 aliphatic carbocycles. The summed E-state index contributed by atoms with van der Waals surface area (Å²) in [6, 6.07) is 8.82. The highest BCUT2D eigenvalue weighted by molar-refractivity contribution is 9.09. The van der Waals surface area contributed by atoms with Crippen molar-refractivity contribution in [2.75, 3.05) is 43.5 Å². The van der Waals surface area contributed by atoms with E-state index in [-0.39, 0.29) is 0 Å². The van der Waals surface area contributed by atoms with E-state index in [2.05, 4.69) is 69.2 Å². The van der Waals surface area contributed by atoms with Gasteiger partial charge in [0, 0.05) is 37.2 Å². The van der Waals surface area contributed by atoms with Crippen molar-refractivity contribution < 1.29 is 0 Å². The second kappa shape index (κ2) is 6.22. The Morgan fingerprint density at radius 2 is 1.76 bits per heavy atom. The van der Waals surface area contributed by atoms with Crippen molar-refractivity contribution in [3.8, 4) is 0 Å². The Morgan fingerprint density at radius 3 is 2.35 bits per heavy atom. The molecule has 1 aromatic carbocycles. The topological polar surface area (TPSA) is 6.48 Å². The first-order valence-corrected chi connectivity index (χ1v) is 7.18. The number of hydrogen-bond donors (Lipinski definition) is 0. The number of anilines is 1. The van der Waals surface area contributed by atoms with Crippen LogP contribution in [0.1, 0.15) is 5.56 Å². The molecule has 1 saturated heterocycles. The molecule has 0 bridgehead atoms. The summed E-state index contributed by atoms with van der Waals surface area (Å²) < 4.78 is 0. The van der Waals surface area contributed by atoms with E-state index in [4.69, 9.17) is 0 Å². The summed E-state index contributed by atoms with van der Waals surface area (Å²) in [5.41, 5.74) is 2.61. The number of alkyl halides is 1. The summed E-state index contributed by atoms with van der Waals surface area (Å²) >= 11 is 3.39. The van der Waals surface area contributed by atoms with Gasteiger partial charge in [0.25, 0.3) is 0 Å². The van der Waals surface area contributed by atoms with Crippen LogP contribution in [0.4, 0.5) is 5.69 Å². The highest BCUT2D eigenvalue weighted by atomic mass is 79.9. The van der Waals surface area contributed by atoms with Crippen LogP contribution in [0.5, 0.6) is 0 Å². The molecule has 17 heavy (non-hydrogen) atoms. The van der Waals surface area contributed by atoms with Gasteiger partial charge in [0.2, 0.25) is 0 Å². The van der Waals surface area contributed by atoms with Crippen LogP contribution in [0, 0.1) is 0 Å². The third-order valence-corrected chi connectivity index (χ3v) is 3.53. The van der Waals surface area contributed by atoms with Crippen molar-refractivity contribution in [2.45, 2.75) is 0 Å². The molecule has 0 saturated carbocycles. The van der Waals surface area contributed by atoms with Gasteiger partial charge in [-0.15, -0.1) is 0 Å². The molecule has 3 heteroatoms. The molecule has 0 radical (unpaired) electrons. The Morgan fingerprint density at radius 1 is 1.12 bits per heavy atom. The van der Waals surface area contributed by atoms with Gasteiger partial charge in [-0.3, -0.25) is 0 Å². The maximum Gasteiger partial charge on any atom is 0.0367 e. The van der Waals surface area contributed by atoms with E-state index in [9.17, 15) is 0 Å². The number of hydrogen-bond acceptors (Lipinski definition) is 2. The van der Waals surface area contributed by atoms with Crippen LogP contribution in [0.3, 0.4) is 0 Å². The molecule has 1 aromatic rings. The summed E-state index contributed by atoms with van der Waals surface area (Å²) in [6.45, 7) is 4.58. The Hall–Kier alpha value is -0.800. The van der Waals surface area contributed by atoms with Gasteiger partial charge in [-0.2, -0.15) is 0 Å². The Bertz CT molecular complexity index is 364. The Kier molecular flexibility index (Phi) is 4.63. The van der Waals surface area contributed by atoms with E-state index in [1.807, 2.05) is 0 Å². The molecular formula is C14H19BrN2. The van der Waals surface area contributed by atoms with Gasteiger partial charge in [-0.25, -0.2) is 0 Å². The average molecular weight is 295 g/mol. The van der Waals surface area contributed by atoms with E-state index in [0.717, 1.165) is 31.5 Å². The molecule has 0 aromatic heterocycles. The van der Waals surface area contributed by atoms with E-state index in [0.29, 0.717) is 0 Å². The average Bonchev–Trinajstić information content (AvgIpc) is 2.38. The van der Waals surface area contributed by atoms with Crippen molar-refractivity contribution >= 4 is 27.7 Å². The van der Waals surface area contributed by atoms with E-state index >= 15 is 0 Å². The van der Waals surface area contributed by atoms with Crippen LogP contribution in [0.25, 0.3) is 6.08 Å². The number of halogens is 1. The summed E-state index contributed by atoms with van der Waals surface area (Å²) in [4.78, 5) is 4.83. The molecule has 2 nitrogen and oxygen atoms in total. The molecule has 1 heterocycles. The fourth-order valence-electron chi connectivity index (χ4n) is 2.04. The van der Waals surface area contributed by atoms with Crippen LogP contribution in [-0.4, -0.2) is 43.5 Å². The zero-order chi connectivity index (χ0) is 12.1. The quantitative estimate of drug-likeness (QED) is 0.791. The number of piperazine rings is 1. The third-order valence-electron chi connectivity index (χ3n) is 3.16. The van der Waals surface area contributed by atoms with E-state index in [1.54, 1.807) is 0 Å². The molecule has 1 aliphatic rings. The first-order chi connectivity index (χ1) is 8.29. The number of nitrogens with zero attached hydrogens (tertiary/aromatic N) is 2. The molecule has 2 rings (SSSR count). The van der Waals surface area contributed by atoms with Crippen LogP contribution in [0.15, 0.2) is 30.3 Å². The standard InChI is InChI=1S/C14H19BrN2/c1-16-9-11-17(12-10-16)14-6-4-13(5-7-14)3-2-8-15/h2-7H,8-12H2,1H3. The van der Waals surface area contributed by atoms with E-state index in [1.165, 1.54) is 11.3 Å². The lowest BCUT2D eigenvalue weighted by Gasteiger charge is -2.34. The van der Waals surface area contributed by atoms with Crippen LogP contribution >= 0.6 is 15.9 Å². The zero-order valence-electron chi connectivity index (χ0n) is 10.3. The van der Waals surface area contributed by atoms with Crippen molar-refractivity contribution in [1.29, 1.82) is 0 Å². The lowest BCUT2D eigenvalue weighted by atomic mass is 10.1. The molecule has 92 valence electrons. The second-order valence-electron chi connectivity index (χ2n) is 4.44. The summed E-state index contributed by atoms with van der Waals surface area (Å²) in [5, 5.41) is 0.910. The monoisotopic (exact) mass is 294 g/mol. The number of allylic oxidation sites excluding steroid dienone is 1. The van der Waals surface area contributed by atoms with Gasteiger partial charge in [-0.1, -0.05) is 40.2 Å². The number of benzene rings is 1. The van der Waals surface area contributed by atoms with Crippen molar-refractivity contribution in [2.24, 2.45) is 0 Å². The first-order valence-electron chi connectivity index (χ1n) is 6.05. The lowest BCUT2D eigenvalue weighted by molar-refractivity contribution is 0.313. The summed E-state index contributed by atoms with van der Waals surface area (Å²) in [7, 11) is 2.19. The molecule has 0 atom stereocenters. The van der Waals surface area contributed by atoms with Gasteiger partial charge in [0.15, 0.2) is 0 Å². The van der Waals surface area contributed by atoms with Crippen molar-refractivity contribution in [3.63, 3.8) is 0 Å². The number of rotatable bonds is 3. The molecule has 1 aliphatic heterocycles. The first kappa shape index (κ1) is 12.7. The Balaban J connectivity index is 2.00. The normalized spacial score (nSPS) is 17.9. The smallest absolute Gasteiger partial charge is 0.0367 e. The molecule has 0 amide bonds. The Labute approximate surface area is 112 Å². The highest BCUT2D eigenvalue weighted by Gasteiger charge is 2.13. The molecular weight excluding hydrogens is 276 g/mol. The maximum atomic E-state index is 3.39. The SMILES string of the molecule is CN1CCN(c2ccc(C=CCBr)cc2)CC1. The highest BCUT2D eigenvalue weighted by Crippen LogP contribution is 2.17. The predicted octanol–water partition coefficient (Wildman–Crippen LogP) is 2.85. The molecule has 0 N–H and O–H groups in total. The predicted molar refractivity (Wildman–Crippen MR) is 79.0 cm³/mol. The molecule has 0 unspecified atom stereocenters.